The molecule has 0 fully saturated rings. The highest BCUT2D eigenvalue weighted by Gasteiger charge is 2.21. The highest BCUT2D eigenvalue weighted by Crippen LogP contribution is 2.29. The lowest BCUT2D eigenvalue weighted by molar-refractivity contribution is 0.0784. The van der Waals surface area contributed by atoms with E-state index in [4.69, 9.17) is 4.74 Å². The van der Waals surface area contributed by atoms with Crippen molar-refractivity contribution in [3.05, 3.63) is 63.7 Å². The summed E-state index contributed by atoms with van der Waals surface area (Å²) in [7, 11) is 1.83. The molecule has 26 heavy (non-hydrogen) atoms. The molecular weight excluding hydrogens is 326 g/mol. The molecule has 0 atom stereocenters. The molecule has 2 aliphatic rings. The van der Waals surface area contributed by atoms with E-state index in [1.807, 2.05) is 44.6 Å². The Morgan fingerprint density at radius 1 is 1.12 bits per heavy atom. The van der Waals surface area contributed by atoms with Gasteiger partial charge < -0.3 is 9.64 Å². The van der Waals surface area contributed by atoms with Gasteiger partial charge in [0.15, 0.2) is 0 Å². The van der Waals surface area contributed by atoms with Crippen molar-refractivity contribution >= 4 is 18.3 Å². The van der Waals surface area contributed by atoms with Crippen LogP contribution in [0, 0.1) is 0 Å². The molecule has 0 bridgehead atoms. The molecule has 0 aromatic heterocycles. The molecule has 0 spiro atoms. The summed E-state index contributed by atoms with van der Waals surface area (Å²) in [5.74, 6) is 0.735. The summed E-state index contributed by atoms with van der Waals surface area (Å²) in [6.45, 7) is 4.37. The topological polar surface area (TPSA) is 54.3 Å². The number of nitrogens with zero attached hydrogens (tertiary/aromatic N) is 3. The van der Waals surface area contributed by atoms with E-state index in [0.29, 0.717) is 31.8 Å². The lowest BCUT2D eigenvalue weighted by Crippen LogP contribution is -2.27. The third-order valence-electron chi connectivity index (χ3n) is 4.81. The van der Waals surface area contributed by atoms with Gasteiger partial charge in [-0.05, 0) is 35.7 Å². The summed E-state index contributed by atoms with van der Waals surface area (Å²) in [6.07, 6.45) is 3.71. The predicted octanol–water partition coefficient (Wildman–Crippen LogP) is 3.22. The van der Waals surface area contributed by atoms with E-state index in [-0.39, 0.29) is 5.91 Å². The maximum Gasteiger partial charge on any atom is 0.254 e. The summed E-state index contributed by atoms with van der Waals surface area (Å²) in [6, 6.07) is 9.90. The summed E-state index contributed by atoms with van der Waals surface area (Å²) < 4.78 is 5.73. The lowest BCUT2D eigenvalue weighted by atomic mass is 10.0. The molecule has 0 unspecified atom stereocenters. The number of amides is 1. The van der Waals surface area contributed by atoms with Gasteiger partial charge in [0.25, 0.3) is 5.91 Å². The van der Waals surface area contributed by atoms with E-state index >= 15 is 0 Å². The second-order valence-electron chi connectivity index (χ2n) is 6.56. The summed E-state index contributed by atoms with van der Waals surface area (Å²) in [5.41, 5.74) is 6.17. The van der Waals surface area contributed by atoms with Crippen LogP contribution in [-0.4, -0.2) is 36.9 Å². The molecule has 0 saturated heterocycles. The second-order valence-corrected chi connectivity index (χ2v) is 6.56. The smallest absolute Gasteiger partial charge is 0.254 e. The molecule has 5 nitrogen and oxygen atoms in total. The molecular formula is C21H21N3O2. The average molecular weight is 347 g/mol. The van der Waals surface area contributed by atoms with Crippen LogP contribution in [0.4, 0.5) is 0 Å². The fourth-order valence-electron chi connectivity index (χ4n) is 3.49. The number of aliphatic imine (C=N–C) groups is 2. The van der Waals surface area contributed by atoms with Crippen LogP contribution in [0.2, 0.25) is 0 Å². The van der Waals surface area contributed by atoms with Crippen molar-refractivity contribution in [1.29, 1.82) is 0 Å². The highest BCUT2D eigenvalue weighted by molar-refractivity contribution is 5.98. The summed E-state index contributed by atoms with van der Waals surface area (Å²) >= 11 is 0. The quantitative estimate of drug-likeness (QED) is 0.834. The van der Waals surface area contributed by atoms with Gasteiger partial charge in [0.1, 0.15) is 5.75 Å². The van der Waals surface area contributed by atoms with Gasteiger partial charge in [-0.2, -0.15) is 0 Å². The maximum atomic E-state index is 13.0. The van der Waals surface area contributed by atoms with Crippen molar-refractivity contribution in [2.75, 3.05) is 13.7 Å². The largest absolute Gasteiger partial charge is 0.493 e. The number of benzene rings is 2. The summed E-state index contributed by atoms with van der Waals surface area (Å²) in [4.78, 5) is 23.4. The fourth-order valence-corrected chi connectivity index (χ4v) is 3.49. The first kappa shape index (κ1) is 16.5. The molecule has 0 N–H and O–H groups in total. The number of hydrogen-bond acceptors (Lipinski definition) is 4. The van der Waals surface area contributed by atoms with Crippen LogP contribution in [0.15, 0.2) is 40.3 Å². The van der Waals surface area contributed by atoms with Crippen molar-refractivity contribution in [2.45, 2.75) is 26.6 Å². The zero-order valence-electron chi connectivity index (χ0n) is 15.0. The number of rotatable bonds is 5. The molecule has 1 amide bonds. The molecule has 2 aliphatic heterocycles. The molecule has 0 aliphatic carbocycles. The van der Waals surface area contributed by atoms with Gasteiger partial charge in [-0.3, -0.25) is 14.8 Å². The summed E-state index contributed by atoms with van der Waals surface area (Å²) in [5, 5.41) is 0. The van der Waals surface area contributed by atoms with Crippen molar-refractivity contribution in [3.63, 3.8) is 0 Å². The SMILES string of the molecule is CCOc1cc(C(=O)N(C)Cc2cccc3c2CN=C3)cc2c1CN=C2. The molecule has 132 valence electrons. The van der Waals surface area contributed by atoms with Crippen LogP contribution in [0.1, 0.15) is 45.1 Å². The lowest BCUT2D eigenvalue weighted by Gasteiger charge is -2.20. The molecule has 5 heteroatoms. The number of hydrogen-bond donors (Lipinski definition) is 0. The first-order chi connectivity index (χ1) is 12.7. The average Bonchev–Trinajstić information content (AvgIpc) is 3.30. The van der Waals surface area contributed by atoms with Crippen molar-refractivity contribution in [3.8, 4) is 5.75 Å². The fraction of sp³-hybridized carbons (Fsp3) is 0.286. The Kier molecular flexibility index (Phi) is 4.29. The van der Waals surface area contributed by atoms with E-state index in [9.17, 15) is 4.79 Å². The van der Waals surface area contributed by atoms with Crippen LogP contribution >= 0.6 is 0 Å². The Labute approximate surface area is 153 Å². The Morgan fingerprint density at radius 3 is 2.69 bits per heavy atom. The van der Waals surface area contributed by atoms with Gasteiger partial charge >= 0.3 is 0 Å². The Bertz CT molecular complexity index is 931. The van der Waals surface area contributed by atoms with Crippen LogP contribution in [-0.2, 0) is 19.6 Å². The molecule has 4 rings (SSSR count). The minimum atomic E-state index is -0.0226. The van der Waals surface area contributed by atoms with Gasteiger partial charge in [0.2, 0.25) is 0 Å². The van der Waals surface area contributed by atoms with Crippen LogP contribution in [0.5, 0.6) is 5.75 Å². The standard InChI is InChI=1S/C21H21N3O2/c1-3-26-20-8-16(7-17-10-23-12-19(17)20)21(25)24(2)13-15-6-4-5-14-9-22-11-18(14)15/h4-10H,3,11-13H2,1-2H3. The number of carbonyl (C=O) groups excluding carboxylic acids is 1. The number of fused-ring (bicyclic) bond motifs is 2. The first-order valence-corrected chi connectivity index (χ1v) is 8.83. The van der Waals surface area contributed by atoms with E-state index < -0.39 is 0 Å². The van der Waals surface area contributed by atoms with Crippen molar-refractivity contribution in [1.82, 2.24) is 4.90 Å². The van der Waals surface area contributed by atoms with Gasteiger partial charge in [0.05, 0.1) is 19.7 Å². The highest BCUT2D eigenvalue weighted by atomic mass is 16.5. The third-order valence-corrected chi connectivity index (χ3v) is 4.81. The second kappa shape index (κ2) is 6.75. The number of carbonyl (C=O) groups is 1. The zero-order valence-corrected chi connectivity index (χ0v) is 15.0. The zero-order chi connectivity index (χ0) is 18.1. The van der Waals surface area contributed by atoms with Crippen LogP contribution in [0.25, 0.3) is 0 Å². The van der Waals surface area contributed by atoms with Crippen LogP contribution in [0.3, 0.4) is 0 Å². The first-order valence-electron chi connectivity index (χ1n) is 8.83. The van der Waals surface area contributed by atoms with E-state index in [1.54, 1.807) is 4.90 Å². The molecule has 0 radical (unpaired) electrons. The van der Waals surface area contributed by atoms with E-state index in [2.05, 4.69) is 22.1 Å². The number of ether oxygens (including phenoxy) is 1. The Balaban J connectivity index is 1.59. The monoisotopic (exact) mass is 347 g/mol. The molecule has 2 aromatic carbocycles. The molecule has 2 aromatic rings. The maximum absolute atomic E-state index is 13.0. The minimum Gasteiger partial charge on any atom is -0.493 e. The normalized spacial score (nSPS) is 13.6. The Morgan fingerprint density at radius 2 is 1.88 bits per heavy atom. The van der Waals surface area contributed by atoms with Crippen LogP contribution < -0.4 is 4.74 Å². The van der Waals surface area contributed by atoms with Crippen molar-refractivity contribution in [2.24, 2.45) is 9.98 Å². The van der Waals surface area contributed by atoms with Gasteiger partial charge in [-0.15, -0.1) is 0 Å². The van der Waals surface area contributed by atoms with Gasteiger partial charge in [0, 0.05) is 42.7 Å². The van der Waals surface area contributed by atoms with Gasteiger partial charge in [-0.1, -0.05) is 18.2 Å². The predicted molar refractivity (Wildman–Crippen MR) is 102 cm³/mol. The Hall–Kier alpha value is -2.95. The third kappa shape index (κ3) is 2.90. The van der Waals surface area contributed by atoms with E-state index in [1.165, 1.54) is 5.56 Å². The minimum absolute atomic E-state index is 0.0226. The van der Waals surface area contributed by atoms with Gasteiger partial charge in [-0.25, -0.2) is 0 Å². The van der Waals surface area contributed by atoms with E-state index in [0.717, 1.165) is 28.0 Å². The molecule has 2 heterocycles. The van der Waals surface area contributed by atoms with Crippen molar-refractivity contribution < 1.29 is 9.53 Å². The molecule has 0 saturated carbocycles.